The van der Waals surface area contributed by atoms with Crippen LogP contribution in [0.5, 0.6) is 0 Å². The van der Waals surface area contributed by atoms with Crippen LogP contribution in [0, 0.1) is 0 Å². The molecule has 112 valence electrons. The van der Waals surface area contributed by atoms with Crippen molar-refractivity contribution < 1.29 is 8.42 Å². The van der Waals surface area contributed by atoms with Crippen LogP contribution < -0.4 is 4.72 Å². The van der Waals surface area contributed by atoms with Gasteiger partial charge in [0.05, 0.1) is 10.4 Å². The van der Waals surface area contributed by atoms with E-state index in [0.29, 0.717) is 10.4 Å². The number of halogens is 2. The lowest BCUT2D eigenvalue weighted by Crippen LogP contribution is -2.44. The van der Waals surface area contributed by atoms with Crippen LogP contribution in [-0.2, 0) is 15.6 Å². The Bertz CT molecular complexity index is 721. The van der Waals surface area contributed by atoms with E-state index in [1.54, 1.807) is 12.1 Å². The maximum Gasteiger partial charge on any atom is 0.241 e. The Morgan fingerprint density at radius 2 is 1.81 bits per heavy atom. The van der Waals surface area contributed by atoms with Gasteiger partial charge in [-0.2, -0.15) is 0 Å². The van der Waals surface area contributed by atoms with Gasteiger partial charge in [-0.25, -0.2) is 13.1 Å². The van der Waals surface area contributed by atoms with Gasteiger partial charge in [-0.3, -0.25) is 0 Å². The summed E-state index contributed by atoms with van der Waals surface area (Å²) in [4.78, 5) is 0.151. The Morgan fingerprint density at radius 1 is 1.14 bits per heavy atom. The van der Waals surface area contributed by atoms with Crippen molar-refractivity contribution in [2.75, 3.05) is 5.33 Å². The maximum absolute atomic E-state index is 12.5. The fourth-order valence-corrected chi connectivity index (χ4v) is 4.30. The first-order valence-electron chi connectivity index (χ1n) is 6.28. The molecule has 0 fully saturated rings. The van der Waals surface area contributed by atoms with E-state index in [1.165, 1.54) is 12.1 Å². The van der Waals surface area contributed by atoms with Crippen LogP contribution in [0.1, 0.15) is 12.5 Å². The van der Waals surface area contributed by atoms with E-state index in [2.05, 4.69) is 20.7 Å². The van der Waals surface area contributed by atoms with Crippen LogP contribution in [-0.4, -0.2) is 13.7 Å². The summed E-state index contributed by atoms with van der Waals surface area (Å²) in [6.45, 7) is 1.83. The van der Waals surface area contributed by atoms with Crippen LogP contribution in [0.2, 0.25) is 5.02 Å². The average molecular weight is 389 g/mol. The molecule has 0 heterocycles. The second-order valence-corrected chi connectivity index (χ2v) is 7.57. The molecule has 3 nitrogen and oxygen atoms in total. The Labute approximate surface area is 138 Å². The molecule has 1 N–H and O–H groups in total. The number of hydrogen-bond donors (Lipinski definition) is 1. The summed E-state index contributed by atoms with van der Waals surface area (Å²) in [6.07, 6.45) is 0. The SMILES string of the molecule is CC(CBr)(NS(=O)(=O)c1cccc(Cl)c1)c1ccccc1. The molecular formula is C15H15BrClNO2S. The molecule has 0 aliphatic carbocycles. The zero-order valence-electron chi connectivity index (χ0n) is 11.4. The zero-order chi connectivity index (χ0) is 15.5. The van der Waals surface area contributed by atoms with Gasteiger partial charge >= 0.3 is 0 Å². The van der Waals surface area contributed by atoms with Crippen molar-refractivity contribution in [3.63, 3.8) is 0 Å². The number of alkyl halides is 1. The van der Waals surface area contributed by atoms with Crippen LogP contribution >= 0.6 is 27.5 Å². The van der Waals surface area contributed by atoms with Crippen molar-refractivity contribution in [1.29, 1.82) is 0 Å². The highest BCUT2D eigenvalue weighted by Crippen LogP contribution is 2.26. The molecule has 21 heavy (non-hydrogen) atoms. The molecule has 0 saturated heterocycles. The van der Waals surface area contributed by atoms with Gasteiger partial charge in [0.2, 0.25) is 10.0 Å². The van der Waals surface area contributed by atoms with Gasteiger partial charge in [-0.1, -0.05) is 63.9 Å². The first kappa shape index (κ1) is 16.5. The molecule has 0 amide bonds. The van der Waals surface area contributed by atoms with Crippen LogP contribution in [0.15, 0.2) is 59.5 Å². The van der Waals surface area contributed by atoms with Gasteiger partial charge < -0.3 is 0 Å². The van der Waals surface area contributed by atoms with Crippen molar-refractivity contribution in [1.82, 2.24) is 4.72 Å². The molecule has 0 aromatic heterocycles. The predicted molar refractivity (Wildman–Crippen MR) is 89.4 cm³/mol. The van der Waals surface area contributed by atoms with Crippen LogP contribution in [0.3, 0.4) is 0 Å². The molecule has 0 spiro atoms. The average Bonchev–Trinajstić information content (AvgIpc) is 2.47. The largest absolute Gasteiger partial charge is 0.241 e. The Kier molecular flexibility index (Phi) is 5.09. The monoisotopic (exact) mass is 387 g/mol. The molecule has 0 aliphatic rings. The van der Waals surface area contributed by atoms with Crippen molar-refractivity contribution >= 4 is 37.6 Å². The molecule has 0 saturated carbocycles. The summed E-state index contributed by atoms with van der Waals surface area (Å²) in [5.41, 5.74) is 0.134. The number of hydrogen-bond acceptors (Lipinski definition) is 2. The zero-order valence-corrected chi connectivity index (χ0v) is 14.5. The standard InChI is InChI=1S/C15H15BrClNO2S/c1-15(11-16,12-6-3-2-4-7-12)18-21(19,20)14-9-5-8-13(17)10-14/h2-10,18H,11H2,1H3. The van der Waals surface area contributed by atoms with Crippen LogP contribution in [0.4, 0.5) is 0 Å². The highest BCUT2D eigenvalue weighted by atomic mass is 79.9. The predicted octanol–water partition coefficient (Wildman–Crippen LogP) is 3.93. The summed E-state index contributed by atoms with van der Waals surface area (Å²) in [5, 5.41) is 0.835. The molecule has 2 aromatic rings. The lowest BCUT2D eigenvalue weighted by atomic mass is 9.96. The third-order valence-electron chi connectivity index (χ3n) is 3.14. The topological polar surface area (TPSA) is 46.2 Å². The highest BCUT2D eigenvalue weighted by Gasteiger charge is 2.31. The van der Waals surface area contributed by atoms with Gasteiger partial charge in [0.1, 0.15) is 0 Å². The molecule has 0 radical (unpaired) electrons. The summed E-state index contributed by atoms with van der Waals surface area (Å²) in [6, 6.07) is 15.6. The lowest BCUT2D eigenvalue weighted by molar-refractivity contribution is 0.482. The van der Waals surface area contributed by atoms with E-state index < -0.39 is 15.6 Å². The summed E-state index contributed by atoms with van der Waals surface area (Å²) in [5.74, 6) is 0. The molecule has 6 heteroatoms. The van der Waals surface area contributed by atoms with Gasteiger partial charge in [-0.15, -0.1) is 0 Å². The fourth-order valence-electron chi connectivity index (χ4n) is 1.96. The third kappa shape index (κ3) is 3.86. The van der Waals surface area contributed by atoms with E-state index in [-0.39, 0.29) is 4.90 Å². The van der Waals surface area contributed by atoms with E-state index in [1.807, 2.05) is 37.3 Å². The number of rotatable bonds is 5. The van der Waals surface area contributed by atoms with Gasteiger partial charge in [-0.05, 0) is 30.7 Å². The fraction of sp³-hybridized carbons (Fsp3) is 0.200. The molecule has 1 atom stereocenters. The molecule has 0 aliphatic heterocycles. The minimum atomic E-state index is -3.67. The minimum absolute atomic E-state index is 0.151. The Morgan fingerprint density at radius 3 is 2.38 bits per heavy atom. The van der Waals surface area contributed by atoms with E-state index >= 15 is 0 Å². The Hall–Kier alpha value is -0.880. The summed E-state index contributed by atoms with van der Waals surface area (Å²) in [7, 11) is -3.67. The quantitative estimate of drug-likeness (QED) is 0.789. The number of nitrogens with one attached hydrogen (secondary N) is 1. The molecule has 0 bridgehead atoms. The van der Waals surface area contributed by atoms with Crippen molar-refractivity contribution in [3.05, 3.63) is 65.2 Å². The third-order valence-corrected chi connectivity index (χ3v) is 6.09. The lowest BCUT2D eigenvalue weighted by Gasteiger charge is -2.29. The smallest absolute Gasteiger partial charge is 0.207 e. The summed E-state index contributed by atoms with van der Waals surface area (Å²) >= 11 is 9.27. The number of benzene rings is 2. The van der Waals surface area contributed by atoms with E-state index in [0.717, 1.165) is 5.56 Å². The minimum Gasteiger partial charge on any atom is -0.207 e. The molecular weight excluding hydrogens is 374 g/mol. The van der Waals surface area contributed by atoms with Crippen molar-refractivity contribution in [3.8, 4) is 0 Å². The number of sulfonamides is 1. The first-order chi connectivity index (χ1) is 9.87. The first-order valence-corrected chi connectivity index (χ1v) is 9.27. The Balaban J connectivity index is 2.38. The highest BCUT2D eigenvalue weighted by molar-refractivity contribution is 9.09. The molecule has 1 unspecified atom stereocenters. The molecule has 2 rings (SSSR count). The van der Waals surface area contributed by atoms with E-state index in [9.17, 15) is 8.42 Å². The van der Waals surface area contributed by atoms with E-state index in [4.69, 9.17) is 11.6 Å². The normalized spacial score (nSPS) is 14.6. The summed E-state index contributed by atoms with van der Waals surface area (Å²) < 4.78 is 27.8. The second kappa shape index (κ2) is 6.48. The maximum atomic E-state index is 12.5. The van der Waals surface area contributed by atoms with Gasteiger partial charge in [0.15, 0.2) is 0 Å². The molecule has 2 aromatic carbocycles. The van der Waals surface area contributed by atoms with Gasteiger partial charge in [0.25, 0.3) is 0 Å². The van der Waals surface area contributed by atoms with Crippen molar-refractivity contribution in [2.45, 2.75) is 17.4 Å². The second-order valence-electron chi connectivity index (χ2n) is 4.89. The van der Waals surface area contributed by atoms with Crippen LogP contribution in [0.25, 0.3) is 0 Å². The van der Waals surface area contributed by atoms with Gasteiger partial charge in [0, 0.05) is 10.4 Å². The van der Waals surface area contributed by atoms with Crippen molar-refractivity contribution in [2.24, 2.45) is 0 Å².